The molecule has 1 N–H and O–H groups in total. The second-order valence-electron chi connectivity index (χ2n) is 8.56. The first kappa shape index (κ1) is 24.3. The molecule has 1 aromatic heterocycles. The molecule has 2 aromatic carbocycles. The van der Waals surface area contributed by atoms with Crippen LogP contribution >= 0.6 is 0 Å². The Hall–Kier alpha value is -3.78. The van der Waals surface area contributed by atoms with Gasteiger partial charge in [0.15, 0.2) is 23.0 Å². The van der Waals surface area contributed by atoms with Crippen LogP contribution in [0.1, 0.15) is 42.4 Å². The van der Waals surface area contributed by atoms with Crippen LogP contribution in [0.4, 0.5) is 0 Å². The van der Waals surface area contributed by atoms with Crippen LogP contribution in [0.25, 0.3) is 11.0 Å². The maximum atomic E-state index is 13.6. The van der Waals surface area contributed by atoms with E-state index in [0.717, 1.165) is 5.39 Å². The predicted octanol–water partition coefficient (Wildman–Crippen LogP) is 4.84. The lowest BCUT2D eigenvalue weighted by atomic mass is 9.94. The third kappa shape index (κ3) is 4.74. The number of benzene rings is 2. The Morgan fingerprint density at radius 3 is 2.57 bits per heavy atom. The van der Waals surface area contributed by atoms with Crippen LogP contribution in [0.15, 0.2) is 64.3 Å². The third-order valence-electron chi connectivity index (χ3n) is 5.81. The van der Waals surface area contributed by atoms with Crippen molar-refractivity contribution in [3.05, 3.63) is 71.2 Å². The lowest BCUT2D eigenvalue weighted by Crippen LogP contribution is -2.32. The topological polar surface area (TPSA) is 98.4 Å². The first-order chi connectivity index (χ1) is 16.8. The highest BCUT2D eigenvalue weighted by molar-refractivity contribution is 6.16. The average Bonchev–Trinajstić information content (AvgIpc) is 3.38. The second-order valence-corrected chi connectivity index (χ2v) is 8.56. The van der Waals surface area contributed by atoms with Gasteiger partial charge in [0, 0.05) is 25.6 Å². The van der Waals surface area contributed by atoms with Crippen molar-refractivity contribution in [2.75, 3.05) is 27.4 Å². The molecule has 1 aliphatic heterocycles. The fraction of sp³-hybridized carbons (Fsp3) is 0.333. The zero-order chi connectivity index (χ0) is 25.1. The van der Waals surface area contributed by atoms with Crippen molar-refractivity contribution in [2.24, 2.45) is 0 Å². The van der Waals surface area contributed by atoms with Crippen molar-refractivity contribution in [1.82, 2.24) is 4.90 Å². The van der Waals surface area contributed by atoms with Crippen molar-refractivity contribution >= 4 is 22.7 Å². The van der Waals surface area contributed by atoms with Gasteiger partial charge in [0.1, 0.15) is 5.58 Å². The fourth-order valence-corrected chi connectivity index (χ4v) is 4.27. The number of fused-ring (bicyclic) bond motifs is 1. The van der Waals surface area contributed by atoms with E-state index in [-0.39, 0.29) is 24.0 Å². The number of furan rings is 1. The molecule has 8 nitrogen and oxygen atoms in total. The zero-order valence-electron chi connectivity index (χ0n) is 20.2. The van der Waals surface area contributed by atoms with Gasteiger partial charge in [-0.1, -0.05) is 24.3 Å². The Morgan fingerprint density at radius 1 is 1.11 bits per heavy atom. The number of rotatable bonds is 10. The predicted molar refractivity (Wildman–Crippen MR) is 130 cm³/mol. The average molecular weight is 480 g/mol. The van der Waals surface area contributed by atoms with Crippen LogP contribution < -0.4 is 9.47 Å². The van der Waals surface area contributed by atoms with E-state index in [9.17, 15) is 14.7 Å². The number of nitrogens with zero attached hydrogens (tertiary/aromatic N) is 1. The van der Waals surface area contributed by atoms with Crippen LogP contribution in [0.5, 0.6) is 11.5 Å². The fourth-order valence-electron chi connectivity index (χ4n) is 4.27. The minimum atomic E-state index is -0.831. The van der Waals surface area contributed by atoms with Crippen molar-refractivity contribution < 1.29 is 33.3 Å². The summed E-state index contributed by atoms with van der Waals surface area (Å²) in [5, 5.41) is 11.6. The van der Waals surface area contributed by atoms with E-state index in [1.54, 1.807) is 37.4 Å². The number of ether oxygens (including phenoxy) is 3. The van der Waals surface area contributed by atoms with E-state index in [2.05, 4.69) is 0 Å². The number of aliphatic hydroxyl groups excluding tert-OH is 1. The number of para-hydroxylation sites is 1. The third-order valence-corrected chi connectivity index (χ3v) is 5.81. The normalized spacial score (nSPS) is 16.0. The number of carbonyl (C=O) groups is 2. The van der Waals surface area contributed by atoms with Crippen LogP contribution in [0, 0.1) is 0 Å². The molecule has 0 bridgehead atoms. The SMILES string of the molecule is COCCCN1C(=O)C(O)=C(C(=O)c2cc3ccccc3o2)C1c1ccc(OC(C)C)c(OC)c1. The summed E-state index contributed by atoms with van der Waals surface area (Å²) < 4.78 is 22.2. The molecule has 0 spiro atoms. The quantitative estimate of drug-likeness (QED) is 0.328. The van der Waals surface area contributed by atoms with E-state index < -0.39 is 23.5 Å². The van der Waals surface area contributed by atoms with Gasteiger partial charge in [0.25, 0.3) is 5.91 Å². The first-order valence-electron chi connectivity index (χ1n) is 11.5. The number of Topliss-reactive ketones (excluding diaryl/α,β-unsaturated/α-hetero) is 1. The number of hydrogen-bond donors (Lipinski definition) is 1. The van der Waals surface area contributed by atoms with Gasteiger partial charge in [0.05, 0.1) is 24.8 Å². The Bertz CT molecular complexity index is 1240. The van der Waals surface area contributed by atoms with Gasteiger partial charge >= 0.3 is 0 Å². The number of amides is 1. The molecule has 35 heavy (non-hydrogen) atoms. The van der Waals surface area contributed by atoms with Crippen LogP contribution in [0.2, 0.25) is 0 Å². The van der Waals surface area contributed by atoms with Gasteiger partial charge in [-0.2, -0.15) is 0 Å². The van der Waals surface area contributed by atoms with Gasteiger partial charge < -0.3 is 28.6 Å². The van der Waals surface area contributed by atoms with Gasteiger partial charge in [-0.3, -0.25) is 9.59 Å². The zero-order valence-corrected chi connectivity index (χ0v) is 20.2. The minimum absolute atomic E-state index is 0.0361. The Kier molecular flexibility index (Phi) is 7.12. The second kappa shape index (κ2) is 10.2. The lowest BCUT2D eigenvalue weighted by molar-refractivity contribution is -0.129. The molecule has 2 heterocycles. The van der Waals surface area contributed by atoms with E-state index in [4.69, 9.17) is 18.6 Å². The number of carbonyl (C=O) groups excluding carboxylic acids is 2. The number of aliphatic hydroxyl groups is 1. The van der Waals surface area contributed by atoms with E-state index in [0.29, 0.717) is 35.7 Å². The molecule has 3 aromatic rings. The molecule has 0 aliphatic carbocycles. The number of ketones is 1. The maximum absolute atomic E-state index is 13.6. The van der Waals surface area contributed by atoms with Crippen LogP contribution in [-0.4, -0.2) is 55.2 Å². The summed E-state index contributed by atoms with van der Waals surface area (Å²) >= 11 is 0. The molecule has 1 aliphatic rings. The molecular formula is C27H29NO7. The van der Waals surface area contributed by atoms with Crippen LogP contribution in [0.3, 0.4) is 0 Å². The molecule has 0 radical (unpaired) electrons. The smallest absolute Gasteiger partial charge is 0.290 e. The number of hydrogen-bond acceptors (Lipinski definition) is 7. The van der Waals surface area contributed by atoms with E-state index in [1.807, 2.05) is 32.0 Å². The Morgan fingerprint density at radius 2 is 1.89 bits per heavy atom. The molecule has 0 saturated heterocycles. The van der Waals surface area contributed by atoms with Crippen molar-refractivity contribution in [3.63, 3.8) is 0 Å². The minimum Gasteiger partial charge on any atom is -0.503 e. The highest BCUT2D eigenvalue weighted by Crippen LogP contribution is 2.42. The van der Waals surface area contributed by atoms with Gasteiger partial charge in [0.2, 0.25) is 5.78 Å². The van der Waals surface area contributed by atoms with Crippen molar-refractivity contribution in [1.29, 1.82) is 0 Å². The van der Waals surface area contributed by atoms with Crippen molar-refractivity contribution in [3.8, 4) is 11.5 Å². The summed E-state index contributed by atoms with van der Waals surface area (Å²) in [6.07, 6.45) is 0.464. The summed E-state index contributed by atoms with van der Waals surface area (Å²) in [5.74, 6) is -0.697. The molecule has 1 unspecified atom stereocenters. The van der Waals surface area contributed by atoms with E-state index in [1.165, 1.54) is 12.0 Å². The summed E-state index contributed by atoms with van der Waals surface area (Å²) in [6, 6.07) is 13.3. The summed E-state index contributed by atoms with van der Waals surface area (Å²) in [7, 11) is 3.10. The van der Waals surface area contributed by atoms with Crippen molar-refractivity contribution in [2.45, 2.75) is 32.4 Å². The number of methoxy groups -OCH3 is 2. The highest BCUT2D eigenvalue weighted by atomic mass is 16.5. The first-order valence-corrected chi connectivity index (χ1v) is 11.5. The monoisotopic (exact) mass is 479 g/mol. The van der Waals surface area contributed by atoms with Gasteiger partial charge in [-0.25, -0.2) is 0 Å². The molecular weight excluding hydrogens is 450 g/mol. The largest absolute Gasteiger partial charge is 0.503 e. The molecule has 0 fully saturated rings. The summed E-state index contributed by atoms with van der Waals surface area (Å²) in [4.78, 5) is 28.2. The molecule has 8 heteroatoms. The molecule has 1 atom stereocenters. The molecule has 1 amide bonds. The Labute approximate surface area is 203 Å². The van der Waals surface area contributed by atoms with E-state index >= 15 is 0 Å². The highest BCUT2D eigenvalue weighted by Gasteiger charge is 2.44. The maximum Gasteiger partial charge on any atom is 0.290 e. The van der Waals surface area contributed by atoms with Crippen LogP contribution in [-0.2, 0) is 9.53 Å². The molecule has 0 saturated carbocycles. The molecule has 184 valence electrons. The standard InChI is InChI=1S/C27H29NO7/c1-16(2)34-20-11-10-18(15-21(20)33-4)24-23(26(30)27(31)28(24)12-7-13-32-3)25(29)22-14-17-8-5-6-9-19(17)35-22/h5-6,8-11,14-16,24,30H,7,12-13H2,1-4H3. The lowest BCUT2D eigenvalue weighted by Gasteiger charge is -2.27. The summed E-state index contributed by atoms with van der Waals surface area (Å²) in [5.41, 5.74) is 1.11. The van der Waals surface area contributed by atoms with Gasteiger partial charge in [-0.15, -0.1) is 0 Å². The summed E-state index contributed by atoms with van der Waals surface area (Å²) in [6.45, 7) is 4.52. The Balaban J connectivity index is 1.78. The molecule has 4 rings (SSSR count). The van der Waals surface area contributed by atoms with Gasteiger partial charge in [-0.05, 0) is 50.1 Å².